The molecule has 0 saturated heterocycles. The van der Waals surface area contributed by atoms with Gasteiger partial charge in [0.15, 0.2) is 5.03 Å². The van der Waals surface area contributed by atoms with Gasteiger partial charge >= 0.3 is 5.69 Å². The van der Waals surface area contributed by atoms with Gasteiger partial charge in [0.25, 0.3) is 0 Å². The minimum Gasteiger partial charge on any atom is -0.258 e. The summed E-state index contributed by atoms with van der Waals surface area (Å²) >= 11 is 6.90. The monoisotopic (exact) mass is 246 g/mol. The number of aromatic nitrogens is 1. The number of pyridine rings is 1. The Kier molecular flexibility index (Phi) is 4.84. The van der Waals surface area contributed by atoms with Gasteiger partial charge in [-0.1, -0.05) is 11.8 Å². The maximum absolute atomic E-state index is 10.7. The molecule has 0 aliphatic carbocycles. The Morgan fingerprint density at radius 2 is 2.40 bits per heavy atom. The van der Waals surface area contributed by atoms with Crippen LogP contribution >= 0.6 is 23.4 Å². The third kappa shape index (κ3) is 3.68. The number of nitrogens with zero attached hydrogens (tertiary/aromatic N) is 2. The first-order valence-corrected chi connectivity index (χ1v) is 5.97. The molecule has 82 valence electrons. The molecule has 6 heteroatoms. The minimum atomic E-state index is -0.400. The lowest BCUT2D eigenvalue weighted by atomic mass is 10.3. The highest BCUT2D eigenvalue weighted by atomic mass is 35.5. The summed E-state index contributed by atoms with van der Waals surface area (Å²) in [6, 6.07) is 1.54. The Hall–Kier alpha value is -0.810. The lowest BCUT2D eigenvalue weighted by molar-refractivity contribution is -0.388. The maximum atomic E-state index is 10.7. The van der Waals surface area contributed by atoms with Crippen LogP contribution in [0.3, 0.4) is 0 Å². The minimum absolute atomic E-state index is 0.0783. The molecular weight excluding hydrogens is 236 g/mol. The fourth-order valence-corrected chi connectivity index (χ4v) is 2.19. The maximum Gasteiger partial charge on any atom is 0.301 e. The summed E-state index contributed by atoms with van der Waals surface area (Å²) in [6.45, 7) is 1.78. The van der Waals surface area contributed by atoms with Gasteiger partial charge < -0.3 is 0 Å². The fraction of sp³-hybridized carbons (Fsp3) is 0.444. The van der Waals surface area contributed by atoms with Crippen LogP contribution in [0.2, 0.25) is 0 Å². The van der Waals surface area contributed by atoms with E-state index >= 15 is 0 Å². The average molecular weight is 247 g/mol. The molecule has 1 rings (SSSR count). The largest absolute Gasteiger partial charge is 0.301 e. The van der Waals surface area contributed by atoms with Gasteiger partial charge in [-0.3, -0.25) is 10.1 Å². The van der Waals surface area contributed by atoms with Gasteiger partial charge in [-0.2, -0.15) is 0 Å². The zero-order valence-corrected chi connectivity index (χ0v) is 9.85. The van der Waals surface area contributed by atoms with Gasteiger partial charge in [0.1, 0.15) is 0 Å². The highest BCUT2D eigenvalue weighted by molar-refractivity contribution is 7.99. The molecular formula is C9H11ClN2O2S. The van der Waals surface area contributed by atoms with Gasteiger partial charge in [-0.05, 0) is 18.9 Å². The number of hydrogen-bond acceptors (Lipinski definition) is 4. The standard InChI is InChI=1S/C9H11ClN2O2S/c1-7-5-8(12(13)14)9(11-6-7)15-4-2-3-10/h5-6H,2-4H2,1H3. The predicted octanol–water partition coefficient (Wildman–Crippen LogP) is 3.02. The Labute approximate surface area is 97.2 Å². The first-order valence-electron chi connectivity index (χ1n) is 4.45. The van der Waals surface area contributed by atoms with Crippen molar-refractivity contribution in [2.24, 2.45) is 0 Å². The van der Waals surface area contributed by atoms with Crippen LogP contribution in [0.4, 0.5) is 5.69 Å². The molecule has 15 heavy (non-hydrogen) atoms. The molecule has 0 aliphatic rings. The van der Waals surface area contributed by atoms with E-state index in [1.807, 2.05) is 0 Å². The average Bonchev–Trinajstić information content (AvgIpc) is 2.20. The molecule has 0 unspecified atom stereocenters. The summed E-state index contributed by atoms with van der Waals surface area (Å²) in [4.78, 5) is 14.4. The lowest BCUT2D eigenvalue weighted by Crippen LogP contribution is -1.95. The fourth-order valence-electron chi connectivity index (χ4n) is 1.01. The second kappa shape index (κ2) is 5.92. The molecule has 0 bridgehead atoms. The van der Waals surface area contributed by atoms with Crippen molar-refractivity contribution >= 4 is 29.1 Å². The Balaban J connectivity index is 2.81. The summed E-state index contributed by atoms with van der Waals surface area (Å²) in [6.07, 6.45) is 2.45. The van der Waals surface area contributed by atoms with Crippen molar-refractivity contribution < 1.29 is 4.92 Å². The molecule has 0 amide bonds. The summed E-state index contributed by atoms with van der Waals surface area (Å²) in [5.41, 5.74) is 0.873. The lowest BCUT2D eigenvalue weighted by Gasteiger charge is -2.01. The van der Waals surface area contributed by atoms with E-state index in [-0.39, 0.29) is 5.69 Å². The molecule has 0 radical (unpaired) electrons. The highest BCUT2D eigenvalue weighted by Gasteiger charge is 2.15. The molecule has 4 nitrogen and oxygen atoms in total. The van der Waals surface area contributed by atoms with Crippen LogP contribution in [0.15, 0.2) is 17.3 Å². The predicted molar refractivity (Wildman–Crippen MR) is 61.7 cm³/mol. The summed E-state index contributed by atoms with van der Waals surface area (Å²) in [5, 5.41) is 11.2. The Bertz CT molecular complexity index is 360. The van der Waals surface area contributed by atoms with Crippen molar-refractivity contribution in [1.29, 1.82) is 0 Å². The number of thioether (sulfide) groups is 1. The number of hydrogen-bond donors (Lipinski definition) is 0. The van der Waals surface area contributed by atoms with E-state index in [9.17, 15) is 10.1 Å². The molecule has 0 fully saturated rings. The van der Waals surface area contributed by atoms with Crippen LogP contribution in [0, 0.1) is 17.0 Å². The Morgan fingerprint density at radius 1 is 1.67 bits per heavy atom. The van der Waals surface area contributed by atoms with Crippen molar-refractivity contribution in [3.63, 3.8) is 0 Å². The number of alkyl halides is 1. The number of rotatable bonds is 5. The molecule has 0 N–H and O–H groups in total. The third-order valence-electron chi connectivity index (χ3n) is 1.68. The van der Waals surface area contributed by atoms with Crippen molar-refractivity contribution in [2.75, 3.05) is 11.6 Å². The first kappa shape index (κ1) is 12.3. The third-order valence-corrected chi connectivity index (χ3v) is 3.03. The van der Waals surface area contributed by atoms with E-state index in [1.165, 1.54) is 17.8 Å². The van der Waals surface area contributed by atoms with Crippen LogP contribution in [-0.4, -0.2) is 21.5 Å². The second-order valence-electron chi connectivity index (χ2n) is 2.99. The molecule has 0 saturated carbocycles. The van der Waals surface area contributed by atoms with Crippen LogP contribution in [0.1, 0.15) is 12.0 Å². The van der Waals surface area contributed by atoms with E-state index < -0.39 is 4.92 Å². The van der Waals surface area contributed by atoms with Crippen molar-refractivity contribution in [3.8, 4) is 0 Å². The molecule has 0 aliphatic heterocycles. The molecule has 1 aromatic rings. The smallest absolute Gasteiger partial charge is 0.258 e. The van der Waals surface area contributed by atoms with Crippen LogP contribution in [0.25, 0.3) is 0 Å². The number of nitro groups is 1. The normalized spacial score (nSPS) is 10.3. The van der Waals surface area contributed by atoms with Crippen molar-refractivity contribution in [1.82, 2.24) is 4.98 Å². The van der Waals surface area contributed by atoms with Crippen LogP contribution in [-0.2, 0) is 0 Å². The quantitative estimate of drug-likeness (QED) is 0.263. The summed E-state index contributed by atoms with van der Waals surface area (Å²) < 4.78 is 0. The van der Waals surface area contributed by atoms with E-state index in [4.69, 9.17) is 11.6 Å². The molecule has 1 heterocycles. The van der Waals surface area contributed by atoms with Gasteiger partial charge in [0.2, 0.25) is 0 Å². The molecule has 1 aromatic heterocycles. The number of halogens is 1. The van der Waals surface area contributed by atoms with E-state index in [2.05, 4.69) is 4.98 Å². The zero-order chi connectivity index (χ0) is 11.3. The molecule has 0 spiro atoms. The summed E-state index contributed by atoms with van der Waals surface area (Å²) in [5.74, 6) is 1.31. The number of aryl methyl sites for hydroxylation is 1. The Morgan fingerprint density at radius 3 is 3.00 bits per heavy atom. The van der Waals surface area contributed by atoms with Crippen molar-refractivity contribution in [3.05, 3.63) is 27.9 Å². The first-order chi connectivity index (χ1) is 7.15. The van der Waals surface area contributed by atoms with E-state index in [0.717, 1.165) is 17.7 Å². The molecule has 0 aromatic carbocycles. The van der Waals surface area contributed by atoms with E-state index in [0.29, 0.717) is 10.9 Å². The van der Waals surface area contributed by atoms with Crippen LogP contribution in [0.5, 0.6) is 0 Å². The molecule has 0 atom stereocenters. The zero-order valence-electron chi connectivity index (χ0n) is 8.27. The van der Waals surface area contributed by atoms with Gasteiger partial charge in [0.05, 0.1) is 4.92 Å². The second-order valence-corrected chi connectivity index (χ2v) is 4.45. The van der Waals surface area contributed by atoms with Crippen molar-refractivity contribution in [2.45, 2.75) is 18.4 Å². The van der Waals surface area contributed by atoms with Gasteiger partial charge in [0, 0.05) is 23.9 Å². The SMILES string of the molecule is Cc1cnc(SCCCCl)c([N+](=O)[O-])c1. The summed E-state index contributed by atoms with van der Waals surface area (Å²) in [7, 11) is 0. The topological polar surface area (TPSA) is 56.0 Å². The van der Waals surface area contributed by atoms with Crippen LogP contribution < -0.4 is 0 Å². The van der Waals surface area contributed by atoms with Gasteiger partial charge in [-0.25, -0.2) is 4.98 Å². The van der Waals surface area contributed by atoms with Gasteiger partial charge in [-0.15, -0.1) is 11.6 Å². The van der Waals surface area contributed by atoms with E-state index in [1.54, 1.807) is 13.1 Å². The highest BCUT2D eigenvalue weighted by Crippen LogP contribution is 2.27.